The van der Waals surface area contributed by atoms with Gasteiger partial charge in [0, 0.05) is 29.8 Å². The number of hydrogen-bond donors (Lipinski definition) is 1. The van der Waals surface area contributed by atoms with Gasteiger partial charge >= 0.3 is 6.18 Å². The predicted molar refractivity (Wildman–Crippen MR) is 104 cm³/mol. The van der Waals surface area contributed by atoms with Gasteiger partial charge in [-0.25, -0.2) is 13.1 Å². The molecule has 1 aromatic carbocycles. The molecule has 1 amide bonds. The molecule has 1 aliphatic carbocycles. The van der Waals surface area contributed by atoms with Gasteiger partial charge < -0.3 is 5.32 Å². The van der Waals surface area contributed by atoms with Crippen molar-refractivity contribution in [3.8, 4) is 5.69 Å². The summed E-state index contributed by atoms with van der Waals surface area (Å²) in [4.78, 5) is 16.0. The normalized spacial score (nSPS) is 16.2. The lowest BCUT2D eigenvalue weighted by Crippen LogP contribution is -2.27. The van der Waals surface area contributed by atoms with E-state index in [2.05, 4.69) is 15.4 Å². The van der Waals surface area contributed by atoms with Crippen LogP contribution in [0, 0.1) is 0 Å². The number of sulfone groups is 1. The summed E-state index contributed by atoms with van der Waals surface area (Å²) < 4.78 is 63.2. The first-order valence-corrected chi connectivity index (χ1v) is 11.1. The number of rotatable bonds is 4. The van der Waals surface area contributed by atoms with Gasteiger partial charge in [0.1, 0.15) is 5.69 Å². The predicted octanol–water partition coefficient (Wildman–Crippen LogP) is 3.11. The fourth-order valence-electron chi connectivity index (χ4n) is 3.44. The second kappa shape index (κ2) is 7.49. The fraction of sp³-hybridized carbons (Fsp3) is 0.250. The molecule has 0 unspecified atom stereocenters. The van der Waals surface area contributed by atoms with Crippen LogP contribution in [0.4, 0.5) is 13.2 Å². The Bertz CT molecular complexity index is 1250. The Morgan fingerprint density at radius 3 is 2.55 bits per heavy atom. The molecule has 2 aromatic heterocycles. The highest BCUT2D eigenvalue weighted by molar-refractivity contribution is 7.90. The average Bonchev–Trinajstić information content (AvgIpc) is 3.29. The van der Waals surface area contributed by atoms with Gasteiger partial charge in [0.15, 0.2) is 9.84 Å². The van der Waals surface area contributed by atoms with Crippen molar-refractivity contribution in [1.29, 1.82) is 0 Å². The third kappa shape index (κ3) is 4.31. The Morgan fingerprint density at radius 2 is 1.90 bits per heavy atom. The number of benzene rings is 1. The van der Waals surface area contributed by atoms with E-state index in [-0.39, 0.29) is 22.5 Å². The lowest BCUT2D eigenvalue weighted by molar-refractivity contribution is -0.141. The maximum atomic E-state index is 12.9. The summed E-state index contributed by atoms with van der Waals surface area (Å²) in [6.07, 6.45) is 0.378. The van der Waals surface area contributed by atoms with Crippen LogP contribution in [0.25, 0.3) is 5.69 Å². The van der Waals surface area contributed by atoms with Crippen molar-refractivity contribution in [1.82, 2.24) is 20.1 Å². The second-order valence-electron chi connectivity index (χ2n) is 7.23. The molecular formula is C20H17F3N4O3S. The third-order valence-electron chi connectivity index (χ3n) is 5.02. The van der Waals surface area contributed by atoms with E-state index in [1.54, 1.807) is 6.20 Å². The molecule has 0 bridgehead atoms. The zero-order chi connectivity index (χ0) is 22.4. The number of halogens is 3. The van der Waals surface area contributed by atoms with Crippen LogP contribution in [0.2, 0.25) is 0 Å². The summed E-state index contributed by atoms with van der Waals surface area (Å²) >= 11 is 0. The molecule has 0 fully saturated rings. The molecule has 11 heteroatoms. The van der Waals surface area contributed by atoms with Crippen molar-refractivity contribution in [3.63, 3.8) is 0 Å². The summed E-state index contributed by atoms with van der Waals surface area (Å²) in [7, 11) is -3.36. The third-order valence-corrected chi connectivity index (χ3v) is 6.15. The largest absolute Gasteiger partial charge is 0.433 e. The van der Waals surface area contributed by atoms with Gasteiger partial charge in [-0.2, -0.15) is 18.3 Å². The van der Waals surface area contributed by atoms with Crippen LogP contribution in [-0.4, -0.2) is 35.3 Å². The molecule has 3 aromatic rings. The standard InChI is InChI=1S/C20H17F3N4O3S/c1-31(29,30)14-4-2-12(3-5-14)19(28)25-16-6-7-17-15(16)11-27(26-17)13-8-9-24-18(10-13)20(21,22)23/h2-5,8-11,16H,6-7H2,1H3,(H,25,28)/t16-/m1/s1. The molecule has 0 spiro atoms. The first kappa shape index (κ1) is 21.0. The molecule has 2 heterocycles. The Balaban J connectivity index is 1.53. The minimum atomic E-state index is -4.56. The zero-order valence-electron chi connectivity index (χ0n) is 16.2. The minimum absolute atomic E-state index is 0.115. The van der Waals surface area contributed by atoms with Crippen molar-refractivity contribution in [2.75, 3.05) is 6.26 Å². The van der Waals surface area contributed by atoms with Gasteiger partial charge in [-0.3, -0.25) is 9.78 Å². The molecule has 0 saturated carbocycles. The molecule has 0 aliphatic heterocycles. The van der Waals surface area contributed by atoms with Gasteiger partial charge in [0.05, 0.1) is 22.3 Å². The van der Waals surface area contributed by atoms with Crippen LogP contribution in [0.3, 0.4) is 0 Å². The van der Waals surface area contributed by atoms with Crippen molar-refractivity contribution in [2.45, 2.75) is 30.0 Å². The molecule has 162 valence electrons. The SMILES string of the molecule is CS(=O)(=O)c1ccc(C(=O)N[C@@H]2CCc3nn(-c4ccnc(C(F)(F)F)c4)cc32)cc1. The Hall–Kier alpha value is -3.21. The minimum Gasteiger partial charge on any atom is -0.345 e. The highest BCUT2D eigenvalue weighted by Gasteiger charge is 2.33. The number of fused-ring (bicyclic) bond motifs is 1. The number of carbonyl (C=O) groups is 1. The van der Waals surface area contributed by atoms with Crippen LogP contribution in [0.5, 0.6) is 0 Å². The molecule has 7 nitrogen and oxygen atoms in total. The molecule has 0 saturated heterocycles. The first-order valence-electron chi connectivity index (χ1n) is 9.25. The first-order chi connectivity index (χ1) is 14.5. The molecule has 0 radical (unpaired) electrons. The maximum absolute atomic E-state index is 12.9. The highest BCUT2D eigenvalue weighted by atomic mass is 32.2. The number of aryl methyl sites for hydroxylation is 1. The van der Waals surface area contributed by atoms with E-state index >= 15 is 0 Å². The number of nitrogens with one attached hydrogen (secondary N) is 1. The van der Waals surface area contributed by atoms with Crippen molar-refractivity contribution < 1.29 is 26.4 Å². The van der Waals surface area contributed by atoms with Gasteiger partial charge in [-0.1, -0.05) is 0 Å². The zero-order valence-corrected chi connectivity index (χ0v) is 17.0. The van der Waals surface area contributed by atoms with Gasteiger partial charge in [-0.15, -0.1) is 0 Å². The molecule has 1 aliphatic rings. The number of carbonyl (C=O) groups excluding carboxylic acids is 1. The summed E-state index contributed by atoms with van der Waals surface area (Å²) in [5.41, 5.74) is 0.938. The monoisotopic (exact) mass is 450 g/mol. The number of hydrogen-bond acceptors (Lipinski definition) is 5. The van der Waals surface area contributed by atoms with Crippen LogP contribution >= 0.6 is 0 Å². The number of nitrogens with zero attached hydrogens (tertiary/aromatic N) is 3. The van der Waals surface area contributed by atoms with E-state index < -0.39 is 21.7 Å². The molecule has 1 atom stereocenters. The van der Waals surface area contributed by atoms with Gasteiger partial charge in [-0.05, 0) is 49.2 Å². The quantitative estimate of drug-likeness (QED) is 0.659. The lowest BCUT2D eigenvalue weighted by atomic mass is 10.1. The van der Waals surface area contributed by atoms with Crippen molar-refractivity contribution in [2.24, 2.45) is 0 Å². The number of amides is 1. The Kier molecular flexibility index (Phi) is 5.08. The maximum Gasteiger partial charge on any atom is 0.433 e. The lowest BCUT2D eigenvalue weighted by Gasteiger charge is -2.13. The van der Waals surface area contributed by atoms with E-state index in [0.717, 1.165) is 24.1 Å². The number of aromatic nitrogens is 3. The number of pyridine rings is 1. The van der Waals surface area contributed by atoms with E-state index in [4.69, 9.17) is 0 Å². The van der Waals surface area contributed by atoms with Crippen LogP contribution in [0.15, 0.2) is 53.7 Å². The average molecular weight is 450 g/mol. The topological polar surface area (TPSA) is 94.0 Å². The molecule has 1 N–H and O–H groups in total. The van der Waals surface area contributed by atoms with E-state index in [1.807, 2.05) is 0 Å². The van der Waals surface area contributed by atoms with Crippen LogP contribution in [-0.2, 0) is 22.4 Å². The smallest absolute Gasteiger partial charge is 0.345 e. The van der Waals surface area contributed by atoms with E-state index in [9.17, 15) is 26.4 Å². The second-order valence-corrected chi connectivity index (χ2v) is 9.25. The summed E-state index contributed by atoms with van der Waals surface area (Å²) in [5.74, 6) is -0.381. The molecular weight excluding hydrogens is 433 g/mol. The van der Waals surface area contributed by atoms with Gasteiger partial charge in [0.25, 0.3) is 5.91 Å². The summed E-state index contributed by atoms with van der Waals surface area (Å²) in [6.45, 7) is 0. The van der Waals surface area contributed by atoms with Crippen molar-refractivity contribution in [3.05, 3.63) is 71.3 Å². The number of alkyl halides is 3. The molecule has 4 rings (SSSR count). The fourth-order valence-corrected chi connectivity index (χ4v) is 4.07. The summed E-state index contributed by atoms with van der Waals surface area (Å²) in [6, 6.07) is 7.58. The van der Waals surface area contributed by atoms with Crippen LogP contribution in [0.1, 0.15) is 39.8 Å². The van der Waals surface area contributed by atoms with E-state index in [1.165, 1.54) is 35.0 Å². The van der Waals surface area contributed by atoms with Crippen LogP contribution < -0.4 is 5.32 Å². The van der Waals surface area contributed by atoms with E-state index in [0.29, 0.717) is 24.1 Å². The van der Waals surface area contributed by atoms with Gasteiger partial charge in [0.2, 0.25) is 0 Å². The highest BCUT2D eigenvalue weighted by Crippen LogP contribution is 2.32. The molecule has 31 heavy (non-hydrogen) atoms. The summed E-state index contributed by atoms with van der Waals surface area (Å²) in [5, 5.41) is 7.23. The Morgan fingerprint density at radius 1 is 1.19 bits per heavy atom. The van der Waals surface area contributed by atoms with Crippen molar-refractivity contribution >= 4 is 15.7 Å². The Labute approximate surface area is 175 Å².